The fourth-order valence-electron chi connectivity index (χ4n) is 2.47. The molecule has 2 rings (SSSR count). The number of halogens is 3. The van der Waals surface area contributed by atoms with Gasteiger partial charge < -0.3 is 4.74 Å². The van der Waals surface area contributed by atoms with Crippen LogP contribution in [0.25, 0.3) is 0 Å². The smallest absolute Gasteiger partial charge is 0.387 e. The molecule has 0 aromatic heterocycles. The summed E-state index contributed by atoms with van der Waals surface area (Å²) in [5.74, 6) is -1.33. The fraction of sp³-hybridized carbons (Fsp3) is 0.538. The number of nitrogens with zero attached hydrogens (tertiary/aromatic N) is 1. The van der Waals surface area contributed by atoms with Gasteiger partial charge in [-0.3, -0.25) is 4.90 Å². The Balaban J connectivity index is 1.93. The summed E-state index contributed by atoms with van der Waals surface area (Å²) in [6, 6.07) is 3.66. The lowest BCUT2D eigenvalue weighted by Crippen LogP contribution is -2.36. The SMILES string of the molecule is CS(=O)(=O)N[C@H]1CCN(Cc2ccc(OC(F)F)c(F)c2)C1. The van der Waals surface area contributed by atoms with Gasteiger partial charge in [0.2, 0.25) is 10.0 Å². The third kappa shape index (κ3) is 5.15. The Morgan fingerprint density at radius 3 is 2.77 bits per heavy atom. The molecule has 1 heterocycles. The van der Waals surface area contributed by atoms with Gasteiger partial charge in [0.25, 0.3) is 0 Å². The highest BCUT2D eigenvalue weighted by Gasteiger charge is 2.25. The molecule has 5 nitrogen and oxygen atoms in total. The largest absolute Gasteiger partial charge is 0.432 e. The van der Waals surface area contributed by atoms with E-state index in [0.717, 1.165) is 12.3 Å². The zero-order chi connectivity index (χ0) is 16.3. The topological polar surface area (TPSA) is 58.6 Å². The van der Waals surface area contributed by atoms with Gasteiger partial charge in [-0.25, -0.2) is 17.5 Å². The van der Waals surface area contributed by atoms with E-state index in [9.17, 15) is 21.6 Å². The molecule has 1 aromatic carbocycles. The number of rotatable bonds is 6. The monoisotopic (exact) mass is 338 g/mol. The van der Waals surface area contributed by atoms with Crippen LogP contribution in [-0.2, 0) is 16.6 Å². The van der Waals surface area contributed by atoms with Crippen molar-refractivity contribution >= 4 is 10.0 Å². The van der Waals surface area contributed by atoms with E-state index in [-0.39, 0.29) is 6.04 Å². The van der Waals surface area contributed by atoms with E-state index in [1.165, 1.54) is 12.1 Å². The van der Waals surface area contributed by atoms with Crippen LogP contribution in [0.2, 0.25) is 0 Å². The lowest BCUT2D eigenvalue weighted by atomic mass is 10.2. The van der Waals surface area contributed by atoms with Crippen molar-refractivity contribution in [3.8, 4) is 5.75 Å². The lowest BCUT2D eigenvalue weighted by Gasteiger charge is -2.17. The van der Waals surface area contributed by atoms with E-state index < -0.39 is 28.2 Å². The number of hydrogen-bond donors (Lipinski definition) is 1. The Morgan fingerprint density at radius 2 is 2.18 bits per heavy atom. The molecule has 0 spiro atoms. The van der Waals surface area contributed by atoms with Crippen molar-refractivity contribution in [2.24, 2.45) is 0 Å². The summed E-state index contributed by atoms with van der Waals surface area (Å²) in [6.07, 6.45) is 1.77. The van der Waals surface area contributed by atoms with Crippen LogP contribution in [0.15, 0.2) is 18.2 Å². The van der Waals surface area contributed by atoms with Gasteiger partial charge >= 0.3 is 6.61 Å². The zero-order valence-corrected chi connectivity index (χ0v) is 12.7. The molecule has 1 aliphatic rings. The van der Waals surface area contributed by atoms with E-state index >= 15 is 0 Å². The minimum atomic E-state index is -3.25. The molecule has 124 valence electrons. The number of nitrogens with one attached hydrogen (secondary N) is 1. The molecule has 0 amide bonds. The van der Waals surface area contributed by atoms with Crippen LogP contribution >= 0.6 is 0 Å². The molecule has 1 fully saturated rings. The molecule has 0 unspecified atom stereocenters. The Kier molecular flexibility index (Phi) is 5.30. The molecule has 22 heavy (non-hydrogen) atoms. The second-order valence-corrected chi connectivity index (χ2v) is 7.03. The highest BCUT2D eigenvalue weighted by Crippen LogP contribution is 2.22. The Morgan fingerprint density at radius 1 is 1.45 bits per heavy atom. The maximum atomic E-state index is 13.6. The molecule has 1 N–H and O–H groups in total. The van der Waals surface area contributed by atoms with E-state index in [1.54, 1.807) is 0 Å². The summed E-state index contributed by atoms with van der Waals surface area (Å²) < 4.78 is 66.6. The summed E-state index contributed by atoms with van der Waals surface area (Å²) in [5.41, 5.74) is 0.610. The molecule has 0 aliphatic carbocycles. The Hall–Kier alpha value is -1.32. The van der Waals surface area contributed by atoms with Crippen molar-refractivity contribution in [1.29, 1.82) is 0 Å². The lowest BCUT2D eigenvalue weighted by molar-refractivity contribution is -0.0522. The molecule has 1 atom stereocenters. The van der Waals surface area contributed by atoms with Gasteiger partial charge in [-0.05, 0) is 24.1 Å². The highest BCUT2D eigenvalue weighted by molar-refractivity contribution is 7.88. The molecular formula is C13H17F3N2O3S. The molecule has 0 saturated carbocycles. The van der Waals surface area contributed by atoms with Gasteiger partial charge in [0, 0.05) is 25.7 Å². The summed E-state index contributed by atoms with van der Waals surface area (Å²) in [6.45, 7) is -1.47. The van der Waals surface area contributed by atoms with E-state index in [0.29, 0.717) is 31.6 Å². The van der Waals surface area contributed by atoms with Gasteiger partial charge in [0.05, 0.1) is 6.26 Å². The summed E-state index contributed by atoms with van der Waals surface area (Å²) >= 11 is 0. The van der Waals surface area contributed by atoms with Gasteiger partial charge in [-0.1, -0.05) is 6.07 Å². The van der Waals surface area contributed by atoms with Crippen LogP contribution in [-0.4, -0.2) is 45.3 Å². The van der Waals surface area contributed by atoms with Crippen LogP contribution in [0.4, 0.5) is 13.2 Å². The van der Waals surface area contributed by atoms with E-state index in [2.05, 4.69) is 9.46 Å². The zero-order valence-electron chi connectivity index (χ0n) is 11.9. The second kappa shape index (κ2) is 6.84. The predicted molar refractivity (Wildman–Crippen MR) is 74.7 cm³/mol. The highest BCUT2D eigenvalue weighted by atomic mass is 32.2. The van der Waals surface area contributed by atoms with Crippen LogP contribution in [0.5, 0.6) is 5.75 Å². The summed E-state index contributed by atoms with van der Waals surface area (Å²) in [5, 5.41) is 0. The number of benzene rings is 1. The fourth-order valence-corrected chi connectivity index (χ4v) is 3.27. The third-order valence-electron chi connectivity index (χ3n) is 3.27. The van der Waals surface area contributed by atoms with E-state index in [1.807, 2.05) is 4.90 Å². The van der Waals surface area contributed by atoms with Gasteiger partial charge in [-0.15, -0.1) is 0 Å². The number of likely N-dealkylation sites (tertiary alicyclic amines) is 1. The number of sulfonamides is 1. The van der Waals surface area contributed by atoms with Crippen LogP contribution < -0.4 is 9.46 Å². The first kappa shape index (κ1) is 17.0. The number of hydrogen-bond acceptors (Lipinski definition) is 4. The maximum absolute atomic E-state index is 13.6. The molecule has 1 aromatic rings. The van der Waals surface area contributed by atoms with Crippen LogP contribution in [0.1, 0.15) is 12.0 Å². The van der Waals surface area contributed by atoms with Crippen molar-refractivity contribution in [2.75, 3.05) is 19.3 Å². The average molecular weight is 338 g/mol. The molecule has 0 radical (unpaired) electrons. The minimum absolute atomic E-state index is 0.165. The molecule has 1 aliphatic heterocycles. The quantitative estimate of drug-likeness (QED) is 0.855. The Labute approximate surface area is 127 Å². The number of ether oxygens (including phenoxy) is 1. The summed E-state index contributed by atoms with van der Waals surface area (Å²) in [7, 11) is -3.25. The third-order valence-corrected chi connectivity index (χ3v) is 4.03. The first-order valence-corrected chi connectivity index (χ1v) is 8.55. The summed E-state index contributed by atoms with van der Waals surface area (Å²) in [4.78, 5) is 1.96. The molecule has 0 bridgehead atoms. The predicted octanol–water partition coefficient (Wildman–Crippen LogP) is 1.55. The van der Waals surface area contributed by atoms with Crippen molar-refractivity contribution in [3.63, 3.8) is 0 Å². The second-order valence-electron chi connectivity index (χ2n) is 5.25. The van der Waals surface area contributed by atoms with Crippen LogP contribution in [0, 0.1) is 5.82 Å². The normalized spacial score (nSPS) is 19.8. The average Bonchev–Trinajstić information content (AvgIpc) is 2.77. The van der Waals surface area contributed by atoms with Gasteiger partial charge in [0.15, 0.2) is 11.6 Å². The first-order chi connectivity index (χ1) is 10.2. The molecule has 9 heteroatoms. The Bertz CT molecular complexity index is 625. The maximum Gasteiger partial charge on any atom is 0.387 e. The molecule has 1 saturated heterocycles. The minimum Gasteiger partial charge on any atom is -0.432 e. The first-order valence-electron chi connectivity index (χ1n) is 6.66. The van der Waals surface area contributed by atoms with E-state index in [4.69, 9.17) is 0 Å². The van der Waals surface area contributed by atoms with Crippen LogP contribution in [0.3, 0.4) is 0 Å². The van der Waals surface area contributed by atoms with Crippen molar-refractivity contribution in [3.05, 3.63) is 29.6 Å². The van der Waals surface area contributed by atoms with Crippen molar-refractivity contribution in [2.45, 2.75) is 25.6 Å². The van der Waals surface area contributed by atoms with Crippen molar-refractivity contribution < 1.29 is 26.3 Å². The standard InChI is InChI=1S/C13H17F3N2O3S/c1-22(19,20)17-10-4-5-18(8-10)7-9-2-3-12(11(14)6-9)21-13(15)16/h2-3,6,10,13,17H,4-5,7-8H2,1H3/t10-/m0/s1. The van der Waals surface area contributed by atoms with Gasteiger partial charge in [0.1, 0.15) is 0 Å². The molecular weight excluding hydrogens is 321 g/mol. The number of alkyl halides is 2. The van der Waals surface area contributed by atoms with Crippen molar-refractivity contribution in [1.82, 2.24) is 9.62 Å². The van der Waals surface area contributed by atoms with Gasteiger partial charge in [-0.2, -0.15) is 8.78 Å².